The molecule has 2 heterocycles. The zero-order chi connectivity index (χ0) is 21.1. The third kappa shape index (κ3) is 3.93. The van der Waals surface area contributed by atoms with Crippen molar-refractivity contribution in [3.05, 3.63) is 69.4 Å². The van der Waals surface area contributed by atoms with Gasteiger partial charge in [0.05, 0.1) is 22.0 Å². The van der Waals surface area contributed by atoms with Crippen LogP contribution >= 0.6 is 23.2 Å². The van der Waals surface area contributed by atoms with Gasteiger partial charge in [-0.3, -0.25) is 9.79 Å². The van der Waals surface area contributed by atoms with Crippen molar-refractivity contribution in [2.24, 2.45) is 10.4 Å². The minimum absolute atomic E-state index is 0.442. The van der Waals surface area contributed by atoms with Crippen molar-refractivity contribution in [1.29, 1.82) is 0 Å². The minimum atomic E-state index is -0.836. The molecular formula is C22H24Cl2N4O2. The number of halogens is 2. The molecule has 8 heteroatoms. The van der Waals surface area contributed by atoms with E-state index in [0.717, 1.165) is 42.8 Å². The molecule has 6 nitrogen and oxygen atoms in total. The largest absolute Gasteiger partial charge is 0.480 e. The highest BCUT2D eigenvalue weighted by Crippen LogP contribution is 2.48. The molecule has 0 bridgehead atoms. The number of aliphatic imine (C=N–C) groups is 1. The van der Waals surface area contributed by atoms with Crippen molar-refractivity contribution in [3.63, 3.8) is 0 Å². The normalized spacial score (nSPS) is 24.7. The number of hydrazine groups is 1. The number of rotatable bonds is 8. The number of hydrogen-bond acceptors (Lipinski definition) is 5. The highest BCUT2D eigenvalue weighted by molar-refractivity contribution is 6.42. The highest BCUT2D eigenvalue weighted by atomic mass is 35.5. The van der Waals surface area contributed by atoms with Crippen molar-refractivity contribution in [1.82, 2.24) is 15.8 Å². The van der Waals surface area contributed by atoms with Crippen LogP contribution in [0.3, 0.4) is 0 Å². The van der Waals surface area contributed by atoms with Gasteiger partial charge in [0, 0.05) is 18.5 Å². The van der Waals surface area contributed by atoms with Gasteiger partial charge in [0.2, 0.25) is 0 Å². The molecule has 1 aromatic rings. The Morgan fingerprint density at radius 3 is 2.97 bits per heavy atom. The Hall–Kier alpha value is -2.12. The smallest absolute Gasteiger partial charge is 0.324 e. The summed E-state index contributed by atoms with van der Waals surface area (Å²) in [5, 5.41) is 16.4. The molecule has 4 rings (SSSR count). The van der Waals surface area contributed by atoms with Gasteiger partial charge in [0.25, 0.3) is 0 Å². The monoisotopic (exact) mass is 446 g/mol. The Kier molecular flexibility index (Phi) is 6.29. The number of allylic oxidation sites excluding steroid dienone is 4. The van der Waals surface area contributed by atoms with E-state index in [9.17, 15) is 9.90 Å². The van der Waals surface area contributed by atoms with E-state index in [0.29, 0.717) is 23.1 Å². The van der Waals surface area contributed by atoms with Crippen LogP contribution in [0.5, 0.6) is 0 Å². The molecule has 2 unspecified atom stereocenters. The first kappa shape index (κ1) is 21.1. The van der Waals surface area contributed by atoms with Crippen molar-refractivity contribution in [2.45, 2.75) is 18.9 Å². The van der Waals surface area contributed by atoms with Crippen LogP contribution in [-0.4, -0.2) is 54.5 Å². The fraction of sp³-hybridized carbons (Fsp3) is 0.364. The lowest BCUT2D eigenvalue weighted by Gasteiger charge is -2.36. The number of carboxylic acids is 1. The molecule has 1 aromatic carbocycles. The van der Waals surface area contributed by atoms with Gasteiger partial charge >= 0.3 is 5.97 Å². The molecule has 1 spiro atoms. The molecule has 1 fully saturated rings. The summed E-state index contributed by atoms with van der Waals surface area (Å²) < 4.78 is 0. The second-order valence-corrected chi connectivity index (χ2v) is 8.48. The maximum atomic E-state index is 12.2. The maximum absolute atomic E-state index is 12.2. The van der Waals surface area contributed by atoms with E-state index in [1.54, 1.807) is 6.21 Å². The number of aliphatic carboxylic acids is 1. The lowest BCUT2D eigenvalue weighted by molar-refractivity contribution is -0.145. The Balaban J connectivity index is 1.31. The molecule has 2 atom stereocenters. The summed E-state index contributed by atoms with van der Waals surface area (Å²) >= 11 is 12.0. The van der Waals surface area contributed by atoms with E-state index in [1.165, 1.54) is 0 Å². The minimum Gasteiger partial charge on any atom is -0.480 e. The van der Waals surface area contributed by atoms with Gasteiger partial charge in [-0.25, -0.2) is 5.01 Å². The third-order valence-electron chi connectivity index (χ3n) is 5.84. The number of nitrogens with zero attached hydrogens (tertiary/aromatic N) is 2. The summed E-state index contributed by atoms with van der Waals surface area (Å²) in [4.78, 5) is 16.6. The van der Waals surface area contributed by atoms with Gasteiger partial charge in [-0.15, -0.1) is 0 Å². The lowest BCUT2D eigenvalue weighted by atomic mass is 9.69. The van der Waals surface area contributed by atoms with Gasteiger partial charge in [-0.2, -0.15) is 0 Å². The number of nitrogens with one attached hydrogen (secondary N) is 2. The third-order valence-corrected chi connectivity index (χ3v) is 6.58. The average Bonchev–Trinajstić information content (AvgIpc) is 3.05. The van der Waals surface area contributed by atoms with Crippen molar-refractivity contribution >= 4 is 35.4 Å². The van der Waals surface area contributed by atoms with Gasteiger partial charge in [0.1, 0.15) is 6.04 Å². The van der Waals surface area contributed by atoms with E-state index < -0.39 is 17.4 Å². The first-order valence-corrected chi connectivity index (χ1v) is 10.8. The standard InChI is InChI=1S/C22H24Cl2N4O2/c23-17-6-5-15(13-18(17)24)7-10-25-9-2-12-28-20(21(29)30)22-14-26-11-8-16(22)3-1-4-19(22)27-28/h1,3-6,8,11,13,20,25,27H,2,7,9-10,12,14H2,(H,29,30). The van der Waals surface area contributed by atoms with Crippen molar-refractivity contribution in [3.8, 4) is 0 Å². The summed E-state index contributed by atoms with van der Waals surface area (Å²) in [6.45, 7) is 2.66. The first-order valence-electron chi connectivity index (χ1n) is 10.0. The van der Waals surface area contributed by atoms with Gasteiger partial charge in [-0.1, -0.05) is 41.4 Å². The lowest BCUT2D eigenvalue weighted by Crippen LogP contribution is -2.50. The number of dihydropyridines is 1. The van der Waals surface area contributed by atoms with E-state index in [-0.39, 0.29) is 0 Å². The summed E-state index contributed by atoms with van der Waals surface area (Å²) in [6, 6.07) is 4.98. The van der Waals surface area contributed by atoms with Crippen LogP contribution < -0.4 is 10.7 Å². The van der Waals surface area contributed by atoms with Crippen molar-refractivity contribution in [2.75, 3.05) is 26.2 Å². The molecule has 0 amide bonds. The number of hydrogen-bond donors (Lipinski definition) is 3. The molecule has 3 aliphatic rings. The van der Waals surface area contributed by atoms with E-state index in [2.05, 4.69) is 15.7 Å². The maximum Gasteiger partial charge on any atom is 0.324 e. The fourth-order valence-electron chi connectivity index (χ4n) is 4.38. The zero-order valence-corrected chi connectivity index (χ0v) is 18.0. The van der Waals surface area contributed by atoms with E-state index in [4.69, 9.17) is 23.2 Å². The average molecular weight is 447 g/mol. The van der Waals surface area contributed by atoms with Crippen LogP contribution in [0.4, 0.5) is 0 Å². The van der Waals surface area contributed by atoms with Crippen LogP contribution in [0.2, 0.25) is 10.0 Å². The number of benzene rings is 1. The quantitative estimate of drug-likeness (QED) is 0.534. The molecule has 30 heavy (non-hydrogen) atoms. The first-order chi connectivity index (χ1) is 14.5. The summed E-state index contributed by atoms with van der Waals surface area (Å²) in [7, 11) is 0. The number of carboxylic acid groups (broad SMARTS) is 1. The van der Waals surface area contributed by atoms with Gasteiger partial charge in [0.15, 0.2) is 0 Å². The molecule has 1 aliphatic carbocycles. The van der Waals surface area contributed by atoms with E-state index >= 15 is 0 Å². The summed E-state index contributed by atoms with van der Waals surface area (Å²) in [6.07, 6.45) is 11.2. The van der Waals surface area contributed by atoms with E-state index in [1.807, 2.05) is 47.5 Å². The Morgan fingerprint density at radius 2 is 2.17 bits per heavy atom. The molecule has 158 valence electrons. The molecule has 1 saturated heterocycles. The van der Waals surface area contributed by atoms with Crippen LogP contribution in [0.1, 0.15) is 12.0 Å². The second-order valence-electron chi connectivity index (χ2n) is 7.67. The van der Waals surface area contributed by atoms with Crippen LogP contribution in [-0.2, 0) is 11.2 Å². The van der Waals surface area contributed by atoms with Crippen LogP contribution in [0, 0.1) is 5.41 Å². The molecule has 0 saturated carbocycles. The zero-order valence-electron chi connectivity index (χ0n) is 16.4. The molecule has 2 aliphatic heterocycles. The number of carbonyl (C=O) groups is 1. The topological polar surface area (TPSA) is 77.0 Å². The molecule has 0 radical (unpaired) electrons. The van der Waals surface area contributed by atoms with Gasteiger partial charge < -0.3 is 15.8 Å². The molecular weight excluding hydrogens is 423 g/mol. The van der Waals surface area contributed by atoms with Crippen LogP contribution in [0.25, 0.3) is 0 Å². The molecule has 0 aromatic heterocycles. The van der Waals surface area contributed by atoms with Crippen LogP contribution in [0.15, 0.2) is 58.8 Å². The highest BCUT2D eigenvalue weighted by Gasteiger charge is 2.57. The predicted octanol–water partition coefficient (Wildman–Crippen LogP) is 3.24. The molecule has 3 N–H and O–H groups in total. The summed E-state index contributed by atoms with van der Waals surface area (Å²) in [5.74, 6) is -0.836. The Bertz CT molecular complexity index is 956. The van der Waals surface area contributed by atoms with Crippen molar-refractivity contribution < 1.29 is 9.90 Å². The van der Waals surface area contributed by atoms with Gasteiger partial charge in [-0.05, 0) is 61.4 Å². The second kappa shape index (κ2) is 8.94. The summed E-state index contributed by atoms with van der Waals surface area (Å²) in [5.41, 5.74) is 5.74. The Morgan fingerprint density at radius 1 is 1.30 bits per heavy atom. The SMILES string of the molecule is O=C(O)C1N(CCCNCCc2ccc(Cl)c(Cl)c2)NC2=CC=CC3=CC=NCC321. The fourth-order valence-corrected chi connectivity index (χ4v) is 4.70. The predicted molar refractivity (Wildman–Crippen MR) is 120 cm³/mol. The Labute approximate surface area is 185 Å².